The van der Waals surface area contributed by atoms with Crippen LogP contribution < -0.4 is 4.90 Å². The zero-order valence-electron chi connectivity index (χ0n) is 34.3. The van der Waals surface area contributed by atoms with E-state index in [9.17, 15) is 0 Å². The first-order chi connectivity index (χ1) is 31.3. The second-order valence-corrected chi connectivity index (χ2v) is 17.1. The molecule has 2 aliphatic rings. The molecule has 0 N–H and O–H groups in total. The average Bonchev–Trinajstić information content (AvgIpc) is 3.96. The summed E-state index contributed by atoms with van der Waals surface area (Å²) in [6.45, 7) is 0. The first-order valence-electron chi connectivity index (χ1n) is 21.9. The van der Waals surface area contributed by atoms with Gasteiger partial charge in [-0.25, -0.2) is 0 Å². The molecule has 0 atom stereocenters. The number of nitrogens with zero attached hydrogens (tertiary/aromatic N) is 2. The van der Waals surface area contributed by atoms with Gasteiger partial charge in [-0.15, -0.1) is 0 Å². The smallest absolute Gasteiger partial charge is 0.0746 e. The maximum atomic E-state index is 2.56. The second kappa shape index (κ2) is 12.9. The van der Waals surface area contributed by atoms with Crippen LogP contribution in [-0.2, 0) is 5.41 Å². The maximum absolute atomic E-state index is 2.56. The Labute approximate surface area is 365 Å². The Balaban J connectivity index is 1.12. The van der Waals surface area contributed by atoms with E-state index in [0.717, 1.165) is 17.1 Å². The largest absolute Gasteiger partial charge is 0.310 e. The molecule has 63 heavy (non-hydrogen) atoms. The van der Waals surface area contributed by atoms with Gasteiger partial charge in [-0.2, -0.15) is 0 Å². The standard InChI is InChI=1S/C61H38N2/c1-2-17-39(18-3-1)63-57-31-15-11-26-50(57)53-38-41(34-36-58(53)63)62(40-33-35-46-44-21-5-4-19-42(44)43-20-6-7-22-45(43)52(46)37-40)59-32-16-27-51-49-25-10-14-30-56(49)61(60(51)59)54-28-12-8-23-47(54)48-24-9-13-29-55(48)61/h1-38H. The molecule has 1 spiro atoms. The van der Waals surface area contributed by atoms with Crippen molar-refractivity contribution in [2.45, 2.75) is 5.41 Å². The molecule has 0 radical (unpaired) electrons. The lowest BCUT2D eigenvalue weighted by molar-refractivity contribution is 0.793. The monoisotopic (exact) mass is 798 g/mol. The fourth-order valence-corrected chi connectivity index (χ4v) is 11.7. The quantitative estimate of drug-likeness (QED) is 0.161. The van der Waals surface area contributed by atoms with Crippen molar-refractivity contribution < 1.29 is 0 Å². The minimum absolute atomic E-state index is 0.527. The van der Waals surface area contributed by atoms with Crippen LogP contribution in [0.3, 0.4) is 0 Å². The van der Waals surface area contributed by atoms with Gasteiger partial charge in [0.25, 0.3) is 0 Å². The first-order valence-corrected chi connectivity index (χ1v) is 21.9. The first kappa shape index (κ1) is 34.5. The van der Waals surface area contributed by atoms with Crippen LogP contribution in [0, 0.1) is 0 Å². The molecule has 1 aromatic heterocycles. The number of para-hydroxylation sites is 2. The van der Waals surface area contributed by atoms with Gasteiger partial charge in [0.1, 0.15) is 0 Å². The van der Waals surface area contributed by atoms with E-state index in [0.29, 0.717) is 0 Å². The van der Waals surface area contributed by atoms with Crippen molar-refractivity contribution in [3.63, 3.8) is 0 Å². The van der Waals surface area contributed by atoms with Gasteiger partial charge in [-0.05, 0) is 126 Å². The van der Waals surface area contributed by atoms with Crippen LogP contribution in [0.15, 0.2) is 231 Å². The van der Waals surface area contributed by atoms with Crippen LogP contribution in [0.2, 0.25) is 0 Å². The summed E-state index contributed by atoms with van der Waals surface area (Å²) in [7, 11) is 0. The third-order valence-electron chi connectivity index (χ3n) is 14.1. The van der Waals surface area contributed by atoms with E-state index in [-0.39, 0.29) is 0 Å². The highest BCUT2D eigenvalue weighted by atomic mass is 15.1. The molecule has 292 valence electrons. The predicted octanol–water partition coefficient (Wildman–Crippen LogP) is 16.1. The number of hydrogen-bond acceptors (Lipinski definition) is 1. The Morgan fingerprint density at radius 1 is 0.302 bits per heavy atom. The lowest BCUT2D eigenvalue weighted by Crippen LogP contribution is -2.28. The molecular formula is C61H38N2. The van der Waals surface area contributed by atoms with Crippen LogP contribution in [-0.4, -0.2) is 4.57 Å². The molecule has 0 saturated heterocycles. The van der Waals surface area contributed by atoms with Gasteiger partial charge in [-0.1, -0.05) is 176 Å². The highest BCUT2D eigenvalue weighted by Gasteiger charge is 2.53. The van der Waals surface area contributed by atoms with E-state index in [4.69, 9.17) is 0 Å². The van der Waals surface area contributed by atoms with Crippen molar-refractivity contribution in [1.29, 1.82) is 0 Å². The van der Waals surface area contributed by atoms with Gasteiger partial charge in [0, 0.05) is 33.4 Å². The molecule has 2 nitrogen and oxygen atoms in total. The molecule has 2 heteroatoms. The molecule has 0 amide bonds. The molecule has 0 fully saturated rings. The Hall–Kier alpha value is -8.20. The molecule has 1 heterocycles. The lowest BCUT2D eigenvalue weighted by Gasteiger charge is -2.36. The number of hydrogen-bond donors (Lipinski definition) is 0. The van der Waals surface area contributed by atoms with Gasteiger partial charge < -0.3 is 9.47 Å². The Bertz CT molecular complexity index is 3770. The molecule has 11 aromatic carbocycles. The van der Waals surface area contributed by atoms with E-state index in [2.05, 4.69) is 240 Å². The molecule has 14 rings (SSSR count). The maximum Gasteiger partial charge on any atom is 0.0746 e. The third-order valence-corrected chi connectivity index (χ3v) is 14.1. The molecule has 12 aromatic rings. The number of anilines is 3. The third kappa shape index (κ3) is 4.57. The number of aromatic nitrogens is 1. The van der Waals surface area contributed by atoms with Crippen molar-refractivity contribution in [2.24, 2.45) is 0 Å². The van der Waals surface area contributed by atoms with E-state index in [1.54, 1.807) is 0 Å². The molecule has 2 aliphatic carbocycles. The number of benzene rings is 11. The van der Waals surface area contributed by atoms with Crippen molar-refractivity contribution in [3.05, 3.63) is 253 Å². The highest BCUT2D eigenvalue weighted by Crippen LogP contribution is 2.65. The molecular weight excluding hydrogens is 761 g/mol. The van der Waals surface area contributed by atoms with Gasteiger partial charge in [0.15, 0.2) is 0 Å². The molecule has 0 aliphatic heterocycles. The summed E-state index contributed by atoms with van der Waals surface area (Å²) in [5.41, 5.74) is 16.9. The Morgan fingerprint density at radius 2 is 0.746 bits per heavy atom. The van der Waals surface area contributed by atoms with Gasteiger partial charge in [0.2, 0.25) is 0 Å². The molecule has 0 saturated carbocycles. The van der Waals surface area contributed by atoms with E-state index >= 15 is 0 Å². The molecule has 0 unspecified atom stereocenters. The van der Waals surface area contributed by atoms with Gasteiger partial charge in [0.05, 0.1) is 22.1 Å². The minimum atomic E-state index is -0.527. The molecule has 0 bridgehead atoms. The van der Waals surface area contributed by atoms with E-state index in [1.165, 1.54) is 104 Å². The fraction of sp³-hybridized carbons (Fsp3) is 0.0164. The predicted molar refractivity (Wildman–Crippen MR) is 264 cm³/mol. The summed E-state index contributed by atoms with van der Waals surface area (Å²) >= 11 is 0. The second-order valence-electron chi connectivity index (χ2n) is 17.1. The zero-order valence-corrected chi connectivity index (χ0v) is 34.3. The normalized spacial score (nSPS) is 13.2. The number of rotatable bonds is 4. The van der Waals surface area contributed by atoms with Crippen LogP contribution in [0.4, 0.5) is 17.1 Å². The summed E-state index contributed by atoms with van der Waals surface area (Å²) in [5, 5.41) is 10.0. The Morgan fingerprint density at radius 3 is 1.38 bits per heavy atom. The fourth-order valence-electron chi connectivity index (χ4n) is 11.7. The average molecular weight is 799 g/mol. The topological polar surface area (TPSA) is 8.17 Å². The van der Waals surface area contributed by atoms with Crippen LogP contribution in [0.25, 0.3) is 82.1 Å². The summed E-state index contributed by atoms with van der Waals surface area (Å²) in [6, 6.07) is 86.0. The van der Waals surface area contributed by atoms with E-state index in [1.807, 2.05) is 0 Å². The summed E-state index contributed by atoms with van der Waals surface area (Å²) in [6.07, 6.45) is 0. The van der Waals surface area contributed by atoms with Crippen molar-refractivity contribution >= 4 is 71.2 Å². The van der Waals surface area contributed by atoms with Crippen LogP contribution in [0.5, 0.6) is 0 Å². The highest BCUT2D eigenvalue weighted by molar-refractivity contribution is 6.26. The number of fused-ring (bicyclic) bond motifs is 19. The summed E-state index contributed by atoms with van der Waals surface area (Å²) in [4.78, 5) is 2.56. The summed E-state index contributed by atoms with van der Waals surface area (Å²) < 4.78 is 2.41. The minimum Gasteiger partial charge on any atom is -0.310 e. The summed E-state index contributed by atoms with van der Waals surface area (Å²) in [5.74, 6) is 0. The van der Waals surface area contributed by atoms with Crippen molar-refractivity contribution in [2.75, 3.05) is 4.90 Å². The van der Waals surface area contributed by atoms with Gasteiger partial charge >= 0.3 is 0 Å². The zero-order chi connectivity index (χ0) is 41.2. The van der Waals surface area contributed by atoms with Gasteiger partial charge in [-0.3, -0.25) is 0 Å². The van der Waals surface area contributed by atoms with Crippen molar-refractivity contribution in [3.8, 4) is 27.9 Å². The Kier molecular flexibility index (Phi) is 7.07. The van der Waals surface area contributed by atoms with Crippen molar-refractivity contribution in [1.82, 2.24) is 4.57 Å². The van der Waals surface area contributed by atoms with Crippen LogP contribution in [0.1, 0.15) is 22.3 Å². The van der Waals surface area contributed by atoms with E-state index < -0.39 is 5.41 Å². The van der Waals surface area contributed by atoms with Crippen LogP contribution >= 0.6 is 0 Å². The lowest BCUT2D eigenvalue weighted by atomic mass is 9.70. The SMILES string of the molecule is c1ccc(-n2c3ccccc3c3cc(N(c4ccc5c6ccccc6c6ccccc6c5c4)c4cccc5c4C4(c6ccccc6-c6ccccc64)c4ccccc4-5)ccc32)cc1.